The molecule has 1 unspecified atom stereocenters. The van der Waals surface area contributed by atoms with Crippen LogP contribution in [0.1, 0.15) is 29.2 Å². The first kappa shape index (κ1) is 12.8. The van der Waals surface area contributed by atoms with Crippen LogP contribution in [-0.2, 0) is 0 Å². The number of benzene rings is 1. The summed E-state index contributed by atoms with van der Waals surface area (Å²) >= 11 is 5.78. The van der Waals surface area contributed by atoms with Crippen LogP contribution < -0.4 is 5.32 Å². The van der Waals surface area contributed by atoms with E-state index in [2.05, 4.69) is 10.3 Å². The van der Waals surface area contributed by atoms with Crippen molar-refractivity contribution in [3.63, 3.8) is 0 Å². The summed E-state index contributed by atoms with van der Waals surface area (Å²) in [6, 6.07) is 11.0. The molecule has 2 N–H and O–H groups in total. The van der Waals surface area contributed by atoms with E-state index in [0.29, 0.717) is 10.7 Å². The highest BCUT2D eigenvalue weighted by Gasteiger charge is 2.16. The van der Waals surface area contributed by atoms with Gasteiger partial charge in [0.25, 0.3) is 5.91 Å². The number of H-pyrrole nitrogens is 1. The molecule has 1 aromatic carbocycles. The summed E-state index contributed by atoms with van der Waals surface area (Å²) in [7, 11) is 0. The average molecular weight is 289 g/mol. The molecule has 1 amide bonds. The molecule has 3 rings (SSSR count). The first-order valence-electron chi connectivity index (χ1n) is 6.27. The van der Waals surface area contributed by atoms with Crippen LogP contribution in [0.15, 0.2) is 47.0 Å². The normalized spacial score (nSPS) is 12.5. The van der Waals surface area contributed by atoms with Crippen LogP contribution in [0.4, 0.5) is 0 Å². The highest BCUT2D eigenvalue weighted by Crippen LogP contribution is 2.23. The minimum Gasteiger partial charge on any atom is -0.459 e. The van der Waals surface area contributed by atoms with Gasteiger partial charge in [-0.15, -0.1) is 0 Å². The molecule has 0 saturated heterocycles. The lowest BCUT2D eigenvalue weighted by molar-refractivity contribution is 0.0931. The lowest BCUT2D eigenvalue weighted by Crippen LogP contribution is -2.26. The number of para-hydroxylation sites is 1. The predicted octanol–water partition coefficient (Wildman–Crippen LogP) is 3.91. The van der Waals surface area contributed by atoms with Gasteiger partial charge in [0.2, 0.25) is 0 Å². The Bertz CT molecular complexity index is 727. The molecule has 1 atom stereocenters. The third kappa shape index (κ3) is 2.42. The van der Waals surface area contributed by atoms with E-state index >= 15 is 0 Å². The van der Waals surface area contributed by atoms with Gasteiger partial charge in [0.1, 0.15) is 17.0 Å². The number of hydrogen-bond donors (Lipinski definition) is 2. The molecule has 5 heteroatoms. The molecule has 0 aliphatic heterocycles. The average Bonchev–Trinajstić information content (AvgIpc) is 3.04. The molecule has 0 spiro atoms. The van der Waals surface area contributed by atoms with E-state index in [4.69, 9.17) is 16.0 Å². The largest absolute Gasteiger partial charge is 0.459 e. The van der Waals surface area contributed by atoms with Gasteiger partial charge in [-0.1, -0.05) is 29.8 Å². The number of carbonyl (C=O) groups excluding carboxylic acids is 1. The maximum atomic E-state index is 12.0. The fraction of sp³-hybridized carbons (Fsp3) is 0.133. The summed E-state index contributed by atoms with van der Waals surface area (Å²) in [5.41, 5.74) is 1.24. The summed E-state index contributed by atoms with van der Waals surface area (Å²) in [5, 5.41) is 4.39. The number of furan rings is 1. The number of nitrogens with one attached hydrogen (secondary N) is 2. The molecular formula is C15H13ClN2O2. The van der Waals surface area contributed by atoms with Crippen LogP contribution in [0.25, 0.3) is 11.0 Å². The maximum absolute atomic E-state index is 12.0. The Morgan fingerprint density at radius 1 is 1.35 bits per heavy atom. The van der Waals surface area contributed by atoms with Crippen LogP contribution >= 0.6 is 11.6 Å². The quantitative estimate of drug-likeness (QED) is 0.768. The third-order valence-corrected chi connectivity index (χ3v) is 3.33. The molecule has 2 aromatic heterocycles. The molecule has 3 aromatic rings. The van der Waals surface area contributed by atoms with Gasteiger partial charge in [0.05, 0.1) is 11.1 Å². The molecule has 0 fully saturated rings. The van der Waals surface area contributed by atoms with Crippen molar-refractivity contribution in [2.45, 2.75) is 13.0 Å². The SMILES string of the molecule is CC(NC(=O)c1cc(Cl)c[nH]1)c1cc2ccccc2o1. The summed E-state index contributed by atoms with van der Waals surface area (Å²) in [6.45, 7) is 1.88. The number of hydrogen-bond acceptors (Lipinski definition) is 2. The van der Waals surface area contributed by atoms with Crippen LogP contribution in [0.5, 0.6) is 0 Å². The Balaban J connectivity index is 1.78. The van der Waals surface area contributed by atoms with E-state index in [-0.39, 0.29) is 11.9 Å². The number of rotatable bonds is 3. The molecule has 2 heterocycles. The smallest absolute Gasteiger partial charge is 0.268 e. The predicted molar refractivity (Wildman–Crippen MR) is 77.9 cm³/mol. The third-order valence-electron chi connectivity index (χ3n) is 3.11. The van der Waals surface area contributed by atoms with Gasteiger partial charge in [-0.3, -0.25) is 4.79 Å². The van der Waals surface area contributed by atoms with Gasteiger partial charge >= 0.3 is 0 Å². The molecule has 102 valence electrons. The molecule has 0 bridgehead atoms. The van der Waals surface area contributed by atoms with E-state index in [0.717, 1.165) is 16.7 Å². The molecular weight excluding hydrogens is 276 g/mol. The van der Waals surface area contributed by atoms with Crippen molar-refractivity contribution < 1.29 is 9.21 Å². The Kier molecular flexibility index (Phi) is 3.24. The lowest BCUT2D eigenvalue weighted by Gasteiger charge is -2.10. The molecule has 20 heavy (non-hydrogen) atoms. The van der Waals surface area contributed by atoms with Gasteiger partial charge < -0.3 is 14.7 Å². The number of fused-ring (bicyclic) bond motifs is 1. The zero-order chi connectivity index (χ0) is 14.1. The van der Waals surface area contributed by atoms with Crippen LogP contribution in [-0.4, -0.2) is 10.9 Å². The zero-order valence-electron chi connectivity index (χ0n) is 10.8. The van der Waals surface area contributed by atoms with Gasteiger partial charge in [-0.05, 0) is 25.1 Å². The fourth-order valence-electron chi connectivity index (χ4n) is 2.06. The van der Waals surface area contributed by atoms with E-state index in [9.17, 15) is 4.79 Å². The Morgan fingerprint density at radius 2 is 2.15 bits per heavy atom. The second-order valence-corrected chi connectivity index (χ2v) is 5.05. The first-order chi connectivity index (χ1) is 9.63. The fourth-order valence-corrected chi connectivity index (χ4v) is 2.22. The number of amides is 1. The van der Waals surface area contributed by atoms with Crippen molar-refractivity contribution in [3.8, 4) is 0 Å². The minimum absolute atomic E-state index is 0.218. The van der Waals surface area contributed by atoms with Crippen LogP contribution in [0, 0.1) is 0 Å². The monoisotopic (exact) mass is 288 g/mol. The molecule has 0 aliphatic carbocycles. The topological polar surface area (TPSA) is 58.0 Å². The molecule has 4 nitrogen and oxygen atoms in total. The lowest BCUT2D eigenvalue weighted by atomic mass is 10.2. The number of aromatic amines is 1. The van der Waals surface area contributed by atoms with E-state index in [1.165, 1.54) is 0 Å². The van der Waals surface area contributed by atoms with Gasteiger partial charge in [0.15, 0.2) is 0 Å². The van der Waals surface area contributed by atoms with Gasteiger partial charge in [-0.25, -0.2) is 0 Å². The van der Waals surface area contributed by atoms with Crippen LogP contribution in [0.2, 0.25) is 5.02 Å². The van der Waals surface area contributed by atoms with Crippen LogP contribution in [0.3, 0.4) is 0 Å². The summed E-state index contributed by atoms with van der Waals surface area (Å²) in [4.78, 5) is 14.8. The maximum Gasteiger partial charge on any atom is 0.268 e. The number of aromatic nitrogens is 1. The molecule has 0 radical (unpaired) electrons. The summed E-state index contributed by atoms with van der Waals surface area (Å²) in [6.07, 6.45) is 1.57. The molecule has 0 aliphatic rings. The summed E-state index contributed by atoms with van der Waals surface area (Å²) in [5.74, 6) is 0.502. The van der Waals surface area contributed by atoms with Crippen molar-refractivity contribution >= 4 is 28.5 Å². The van der Waals surface area contributed by atoms with Crippen molar-refractivity contribution in [2.75, 3.05) is 0 Å². The zero-order valence-corrected chi connectivity index (χ0v) is 11.6. The Hall–Kier alpha value is -2.20. The first-order valence-corrected chi connectivity index (χ1v) is 6.64. The van der Waals surface area contributed by atoms with E-state index in [1.807, 2.05) is 37.3 Å². The Morgan fingerprint density at radius 3 is 2.85 bits per heavy atom. The number of carbonyl (C=O) groups is 1. The van der Waals surface area contributed by atoms with E-state index in [1.54, 1.807) is 12.3 Å². The van der Waals surface area contributed by atoms with Gasteiger partial charge in [-0.2, -0.15) is 0 Å². The second-order valence-electron chi connectivity index (χ2n) is 4.61. The highest BCUT2D eigenvalue weighted by molar-refractivity contribution is 6.30. The molecule has 0 saturated carbocycles. The van der Waals surface area contributed by atoms with Crippen molar-refractivity contribution in [2.24, 2.45) is 0 Å². The van der Waals surface area contributed by atoms with E-state index < -0.39 is 0 Å². The number of halogens is 1. The van der Waals surface area contributed by atoms with Crippen molar-refractivity contribution in [1.29, 1.82) is 0 Å². The standard InChI is InChI=1S/C15H13ClN2O2/c1-9(18-15(19)12-7-11(16)8-17-12)14-6-10-4-2-3-5-13(10)20-14/h2-9,17H,1H3,(H,18,19). The van der Waals surface area contributed by atoms with Gasteiger partial charge in [0, 0.05) is 11.6 Å². The second kappa shape index (κ2) is 5.06. The minimum atomic E-state index is -0.225. The Labute approximate surface area is 120 Å². The van der Waals surface area contributed by atoms with Crippen molar-refractivity contribution in [3.05, 3.63) is 59.1 Å². The van der Waals surface area contributed by atoms with Crippen molar-refractivity contribution in [1.82, 2.24) is 10.3 Å². The summed E-state index contributed by atoms with van der Waals surface area (Å²) < 4.78 is 5.72. The highest BCUT2D eigenvalue weighted by atomic mass is 35.5.